The SMILES string of the molecule is Cc1ccc(/C(=C/COc2ccc(OC(C)C(=O)O)c(C)c2)c2ccc(C#CCn3cccn3)cc2)cc1. The van der Waals surface area contributed by atoms with E-state index in [0.29, 0.717) is 24.7 Å². The first-order valence-electron chi connectivity index (χ1n) is 12.4. The molecule has 192 valence electrons. The highest BCUT2D eigenvalue weighted by atomic mass is 16.5. The third-order valence-corrected chi connectivity index (χ3v) is 5.93. The van der Waals surface area contributed by atoms with Crippen LogP contribution in [-0.4, -0.2) is 33.6 Å². The van der Waals surface area contributed by atoms with Crippen LogP contribution in [0.15, 0.2) is 91.3 Å². The van der Waals surface area contributed by atoms with Gasteiger partial charge < -0.3 is 14.6 Å². The molecule has 0 radical (unpaired) electrons. The second kappa shape index (κ2) is 12.5. The zero-order valence-electron chi connectivity index (χ0n) is 21.7. The highest BCUT2D eigenvalue weighted by Crippen LogP contribution is 2.27. The lowest BCUT2D eigenvalue weighted by Gasteiger charge is -2.14. The number of nitrogens with zero attached hydrogens (tertiary/aromatic N) is 2. The number of hydrogen-bond acceptors (Lipinski definition) is 4. The van der Waals surface area contributed by atoms with Crippen LogP contribution < -0.4 is 9.47 Å². The van der Waals surface area contributed by atoms with Gasteiger partial charge in [0.1, 0.15) is 24.7 Å². The number of aliphatic carboxylic acids is 1. The smallest absolute Gasteiger partial charge is 0.344 e. The zero-order chi connectivity index (χ0) is 26.9. The molecule has 6 heteroatoms. The van der Waals surface area contributed by atoms with Crippen molar-refractivity contribution in [2.45, 2.75) is 33.4 Å². The summed E-state index contributed by atoms with van der Waals surface area (Å²) in [6.07, 6.45) is 4.78. The van der Waals surface area contributed by atoms with Crippen molar-refractivity contribution in [1.82, 2.24) is 9.78 Å². The van der Waals surface area contributed by atoms with Gasteiger partial charge in [-0.2, -0.15) is 5.10 Å². The Bertz CT molecular complexity index is 1460. The Morgan fingerprint density at radius 3 is 2.39 bits per heavy atom. The van der Waals surface area contributed by atoms with Crippen LogP contribution in [0.3, 0.4) is 0 Å². The second-order valence-corrected chi connectivity index (χ2v) is 8.90. The number of carboxylic acids is 1. The van der Waals surface area contributed by atoms with Gasteiger partial charge in [0.05, 0.1) is 0 Å². The van der Waals surface area contributed by atoms with E-state index in [-0.39, 0.29) is 0 Å². The van der Waals surface area contributed by atoms with E-state index in [9.17, 15) is 4.79 Å². The molecule has 0 saturated heterocycles. The standard InChI is InChI=1S/C32H30N2O4/c1-23-7-11-27(12-8-23)30(28-13-9-26(10-14-28)6-4-19-34-20-5-18-33-34)17-21-37-29-15-16-31(24(2)22-29)38-25(3)32(35)36/h5,7-18,20,22,25H,19,21H2,1-3H3,(H,35,36)/b30-17-. The minimum absolute atomic E-state index is 0.361. The minimum atomic E-state index is -1.01. The average molecular weight is 507 g/mol. The lowest BCUT2D eigenvalue weighted by molar-refractivity contribution is -0.144. The largest absolute Gasteiger partial charge is 0.489 e. The highest BCUT2D eigenvalue weighted by Gasteiger charge is 2.14. The lowest BCUT2D eigenvalue weighted by Crippen LogP contribution is -2.23. The number of rotatable bonds is 9. The fraction of sp³-hybridized carbons (Fsp3) is 0.188. The molecule has 1 N–H and O–H groups in total. The summed E-state index contributed by atoms with van der Waals surface area (Å²) in [6, 6.07) is 23.9. The fourth-order valence-electron chi connectivity index (χ4n) is 3.79. The van der Waals surface area contributed by atoms with Gasteiger partial charge in [-0.05, 0) is 85.5 Å². The molecule has 4 aromatic rings. The Morgan fingerprint density at radius 1 is 1.05 bits per heavy atom. The van der Waals surface area contributed by atoms with Crippen molar-refractivity contribution in [3.63, 3.8) is 0 Å². The number of aromatic nitrogens is 2. The molecule has 1 atom stereocenters. The predicted octanol–water partition coefficient (Wildman–Crippen LogP) is 5.91. The van der Waals surface area contributed by atoms with Gasteiger partial charge in [0.15, 0.2) is 6.10 Å². The summed E-state index contributed by atoms with van der Waals surface area (Å²) in [5, 5.41) is 13.3. The van der Waals surface area contributed by atoms with Gasteiger partial charge in [0.25, 0.3) is 0 Å². The van der Waals surface area contributed by atoms with Crippen LogP contribution in [0, 0.1) is 25.7 Å². The molecule has 1 unspecified atom stereocenters. The summed E-state index contributed by atoms with van der Waals surface area (Å²) < 4.78 is 13.3. The van der Waals surface area contributed by atoms with Crippen molar-refractivity contribution < 1.29 is 19.4 Å². The molecular formula is C32H30N2O4. The molecule has 0 aliphatic heterocycles. The highest BCUT2D eigenvalue weighted by molar-refractivity contribution is 5.80. The fourth-order valence-corrected chi connectivity index (χ4v) is 3.79. The van der Waals surface area contributed by atoms with Gasteiger partial charge in [0.2, 0.25) is 0 Å². The molecule has 0 saturated carbocycles. The molecule has 0 bridgehead atoms. The van der Waals surface area contributed by atoms with Crippen molar-refractivity contribution in [3.05, 3.63) is 119 Å². The number of carboxylic acid groups (broad SMARTS) is 1. The lowest BCUT2D eigenvalue weighted by atomic mass is 9.96. The Morgan fingerprint density at radius 2 is 1.76 bits per heavy atom. The van der Waals surface area contributed by atoms with Crippen LogP contribution in [0.5, 0.6) is 11.5 Å². The molecule has 38 heavy (non-hydrogen) atoms. The Labute approximate surface area is 223 Å². The van der Waals surface area contributed by atoms with Crippen LogP contribution in [0.25, 0.3) is 5.57 Å². The van der Waals surface area contributed by atoms with E-state index in [2.05, 4.69) is 66.3 Å². The molecule has 0 fully saturated rings. The molecule has 0 amide bonds. The summed E-state index contributed by atoms with van der Waals surface area (Å²) in [4.78, 5) is 11.1. The predicted molar refractivity (Wildman–Crippen MR) is 148 cm³/mol. The molecule has 6 nitrogen and oxygen atoms in total. The van der Waals surface area contributed by atoms with Crippen molar-refractivity contribution in [2.24, 2.45) is 0 Å². The van der Waals surface area contributed by atoms with E-state index in [0.717, 1.165) is 27.8 Å². The maximum atomic E-state index is 11.1. The van der Waals surface area contributed by atoms with Gasteiger partial charge in [-0.15, -0.1) is 0 Å². The monoisotopic (exact) mass is 506 g/mol. The number of aryl methyl sites for hydroxylation is 2. The first-order valence-corrected chi connectivity index (χ1v) is 12.4. The number of hydrogen-bond donors (Lipinski definition) is 1. The molecule has 1 aromatic heterocycles. The van der Waals surface area contributed by atoms with Crippen molar-refractivity contribution in [1.29, 1.82) is 0 Å². The first-order chi connectivity index (χ1) is 18.4. The van der Waals surface area contributed by atoms with Crippen LogP contribution in [0.1, 0.15) is 34.7 Å². The third kappa shape index (κ3) is 7.14. The van der Waals surface area contributed by atoms with Crippen LogP contribution in [-0.2, 0) is 11.3 Å². The van der Waals surface area contributed by atoms with Gasteiger partial charge >= 0.3 is 5.97 Å². The Kier molecular flexibility index (Phi) is 8.63. The van der Waals surface area contributed by atoms with Gasteiger partial charge in [-0.3, -0.25) is 4.68 Å². The van der Waals surface area contributed by atoms with Gasteiger partial charge in [0, 0.05) is 18.0 Å². The molecule has 0 spiro atoms. The molecule has 0 aliphatic carbocycles. The topological polar surface area (TPSA) is 73.6 Å². The molecular weight excluding hydrogens is 476 g/mol. The van der Waals surface area contributed by atoms with Gasteiger partial charge in [-0.1, -0.05) is 53.8 Å². The summed E-state index contributed by atoms with van der Waals surface area (Å²) >= 11 is 0. The molecule has 0 aliphatic rings. The number of ether oxygens (including phenoxy) is 2. The molecule has 1 heterocycles. The van der Waals surface area contributed by atoms with E-state index >= 15 is 0 Å². The van der Waals surface area contributed by atoms with Crippen molar-refractivity contribution in [2.75, 3.05) is 6.61 Å². The van der Waals surface area contributed by atoms with E-state index in [1.165, 1.54) is 12.5 Å². The van der Waals surface area contributed by atoms with E-state index < -0.39 is 12.1 Å². The average Bonchev–Trinajstić information content (AvgIpc) is 3.43. The van der Waals surface area contributed by atoms with Crippen molar-refractivity contribution >= 4 is 11.5 Å². The molecule has 4 rings (SSSR count). The van der Waals surface area contributed by atoms with Crippen LogP contribution >= 0.6 is 0 Å². The first kappa shape index (κ1) is 26.3. The van der Waals surface area contributed by atoms with Gasteiger partial charge in [-0.25, -0.2) is 4.79 Å². The van der Waals surface area contributed by atoms with E-state index in [1.807, 2.05) is 37.4 Å². The number of carbonyl (C=O) groups is 1. The van der Waals surface area contributed by atoms with Crippen molar-refractivity contribution in [3.8, 4) is 23.3 Å². The third-order valence-electron chi connectivity index (χ3n) is 5.93. The Balaban J connectivity index is 1.49. The van der Waals surface area contributed by atoms with Crippen LogP contribution in [0.4, 0.5) is 0 Å². The normalized spacial score (nSPS) is 11.8. The number of benzene rings is 3. The van der Waals surface area contributed by atoms with E-state index in [1.54, 1.807) is 23.0 Å². The van der Waals surface area contributed by atoms with Crippen LogP contribution in [0.2, 0.25) is 0 Å². The maximum absolute atomic E-state index is 11.1. The summed E-state index contributed by atoms with van der Waals surface area (Å²) in [6.45, 7) is 6.35. The summed E-state index contributed by atoms with van der Waals surface area (Å²) in [5.41, 5.74) is 6.17. The quantitative estimate of drug-likeness (QED) is 0.286. The Hall–Kier alpha value is -4.76. The minimum Gasteiger partial charge on any atom is -0.489 e. The zero-order valence-corrected chi connectivity index (χ0v) is 21.7. The maximum Gasteiger partial charge on any atom is 0.344 e. The summed E-state index contributed by atoms with van der Waals surface area (Å²) in [5.74, 6) is 6.53. The molecule has 3 aromatic carbocycles. The van der Waals surface area contributed by atoms with E-state index in [4.69, 9.17) is 14.6 Å². The summed E-state index contributed by atoms with van der Waals surface area (Å²) in [7, 11) is 0. The second-order valence-electron chi connectivity index (χ2n) is 8.90.